The van der Waals surface area contributed by atoms with Crippen molar-refractivity contribution >= 4 is 18.1 Å². The molecule has 0 heterocycles. The normalized spacial score (nSPS) is 10.6. The maximum Gasteiger partial charge on any atom is 0.337 e. The van der Waals surface area contributed by atoms with E-state index in [0.29, 0.717) is 5.56 Å². The molecule has 0 amide bonds. The van der Waals surface area contributed by atoms with Gasteiger partial charge >= 0.3 is 5.97 Å². The fraction of sp³-hybridized carbons (Fsp3) is 0.118. The summed E-state index contributed by atoms with van der Waals surface area (Å²) in [6, 6.07) is 15.5. The first-order valence-corrected chi connectivity index (χ1v) is 6.13. The van der Waals surface area contributed by atoms with Crippen molar-refractivity contribution in [2.45, 2.75) is 6.92 Å². The second-order valence-corrected chi connectivity index (χ2v) is 4.30. The molecule has 0 fully saturated rings. The Morgan fingerprint density at radius 3 is 2.32 bits per heavy atom. The third kappa shape index (κ3) is 3.32. The molecule has 2 aromatic carbocycles. The minimum absolute atomic E-state index is 0.311. The van der Waals surface area contributed by atoms with Crippen LogP contribution >= 0.6 is 0 Å². The van der Waals surface area contributed by atoms with Gasteiger partial charge in [-0.2, -0.15) is 0 Å². The van der Waals surface area contributed by atoms with Gasteiger partial charge in [0, 0.05) is 0 Å². The third-order valence-corrected chi connectivity index (χ3v) is 2.98. The van der Waals surface area contributed by atoms with Crippen LogP contribution in [0.4, 0.5) is 0 Å². The van der Waals surface area contributed by atoms with Gasteiger partial charge in [0.15, 0.2) is 0 Å². The predicted molar refractivity (Wildman–Crippen MR) is 77.9 cm³/mol. The molecule has 2 rings (SSSR count). The largest absolute Gasteiger partial charge is 0.465 e. The van der Waals surface area contributed by atoms with E-state index in [1.807, 2.05) is 30.3 Å². The lowest BCUT2D eigenvalue weighted by Gasteiger charge is -2.00. The molecule has 0 unspecified atom stereocenters. The number of esters is 1. The number of hydrogen-bond donors (Lipinski definition) is 0. The van der Waals surface area contributed by atoms with Crippen LogP contribution in [-0.4, -0.2) is 13.1 Å². The molecule has 0 atom stereocenters. The molecule has 2 nitrogen and oxygen atoms in total. The van der Waals surface area contributed by atoms with Gasteiger partial charge < -0.3 is 4.74 Å². The van der Waals surface area contributed by atoms with Crippen molar-refractivity contribution in [1.29, 1.82) is 0 Å². The molecule has 0 aliphatic carbocycles. The molecule has 0 bridgehead atoms. The van der Waals surface area contributed by atoms with Gasteiger partial charge in [0.05, 0.1) is 12.7 Å². The van der Waals surface area contributed by atoms with Crippen LogP contribution in [0.3, 0.4) is 0 Å². The molecule has 0 saturated carbocycles. The predicted octanol–water partition coefficient (Wildman–Crippen LogP) is 3.95. The van der Waals surface area contributed by atoms with E-state index in [9.17, 15) is 4.79 Å². The van der Waals surface area contributed by atoms with Crippen LogP contribution in [-0.2, 0) is 4.74 Å². The Hall–Kier alpha value is -2.35. The summed E-state index contributed by atoms with van der Waals surface area (Å²) in [6.45, 7) is 2.08. The number of rotatable bonds is 3. The van der Waals surface area contributed by atoms with Crippen molar-refractivity contribution in [3.8, 4) is 0 Å². The van der Waals surface area contributed by atoms with E-state index in [1.54, 1.807) is 12.1 Å². The highest BCUT2D eigenvalue weighted by molar-refractivity contribution is 5.89. The smallest absolute Gasteiger partial charge is 0.337 e. The molecule has 2 aromatic rings. The summed E-state index contributed by atoms with van der Waals surface area (Å²) in [6.07, 6.45) is 4.10. The summed E-state index contributed by atoms with van der Waals surface area (Å²) < 4.78 is 4.66. The van der Waals surface area contributed by atoms with E-state index in [4.69, 9.17) is 0 Å². The van der Waals surface area contributed by atoms with Gasteiger partial charge in [0.25, 0.3) is 0 Å². The average Bonchev–Trinajstić information content (AvgIpc) is 2.46. The maximum absolute atomic E-state index is 11.3. The lowest BCUT2D eigenvalue weighted by molar-refractivity contribution is 0.0601. The van der Waals surface area contributed by atoms with Crippen molar-refractivity contribution in [1.82, 2.24) is 0 Å². The second kappa shape index (κ2) is 6.01. The first-order valence-electron chi connectivity index (χ1n) is 6.13. The van der Waals surface area contributed by atoms with Gasteiger partial charge in [-0.15, -0.1) is 0 Å². The van der Waals surface area contributed by atoms with Gasteiger partial charge in [0.2, 0.25) is 0 Å². The van der Waals surface area contributed by atoms with Gasteiger partial charge in [-0.25, -0.2) is 4.79 Å². The summed E-state index contributed by atoms with van der Waals surface area (Å²) in [5.41, 5.74) is 4.05. The lowest BCUT2D eigenvalue weighted by atomic mass is 10.1. The summed E-state index contributed by atoms with van der Waals surface area (Å²) >= 11 is 0. The van der Waals surface area contributed by atoms with E-state index in [-0.39, 0.29) is 5.97 Å². The number of methoxy groups -OCH3 is 1. The Morgan fingerprint density at radius 1 is 1.00 bits per heavy atom. The first-order chi connectivity index (χ1) is 9.20. The Kier molecular flexibility index (Phi) is 4.14. The molecular formula is C17H16O2. The number of hydrogen-bond acceptors (Lipinski definition) is 2. The minimum atomic E-state index is -0.311. The molecule has 96 valence electrons. The Morgan fingerprint density at radius 2 is 1.68 bits per heavy atom. The van der Waals surface area contributed by atoms with Gasteiger partial charge in [-0.1, -0.05) is 48.6 Å². The average molecular weight is 252 g/mol. The van der Waals surface area contributed by atoms with Crippen molar-refractivity contribution in [3.05, 3.63) is 70.8 Å². The molecule has 0 aliphatic rings. The SMILES string of the molecule is COC(=O)c1ccc(/C=C\c2ccccc2C)cc1. The molecule has 0 aliphatic heterocycles. The van der Waals surface area contributed by atoms with Crippen LogP contribution in [0.2, 0.25) is 0 Å². The van der Waals surface area contributed by atoms with Crippen molar-refractivity contribution in [3.63, 3.8) is 0 Å². The highest BCUT2D eigenvalue weighted by Gasteiger charge is 2.03. The molecule has 0 spiro atoms. The molecule has 0 aromatic heterocycles. The standard InChI is InChI=1S/C17H16O2/c1-13-5-3-4-6-15(13)10-7-14-8-11-16(12-9-14)17(18)19-2/h3-12H,1-2H3/b10-7-. The minimum Gasteiger partial charge on any atom is -0.465 e. The summed E-state index contributed by atoms with van der Waals surface area (Å²) in [7, 11) is 1.38. The van der Waals surface area contributed by atoms with Crippen LogP contribution in [0.5, 0.6) is 0 Å². The molecule has 0 saturated heterocycles. The van der Waals surface area contributed by atoms with E-state index < -0.39 is 0 Å². The summed E-state index contributed by atoms with van der Waals surface area (Å²) in [5, 5.41) is 0. The number of benzene rings is 2. The maximum atomic E-state index is 11.3. The number of ether oxygens (including phenoxy) is 1. The molecular weight excluding hydrogens is 236 g/mol. The van der Waals surface area contributed by atoms with Crippen molar-refractivity contribution in [2.24, 2.45) is 0 Å². The zero-order valence-electron chi connectivity index (χ0n) is 11.1. The number of carbonyl (C=O) groups is 1. The summed E-state index contributed by atoms with van der Waals surface area (Å²) in [4.78, 5) is 11.3. The number of aryl methyl sites for hydroxylation is 1. The topological polar surface area (TPSA) is 26.3 Å². The molecule has 0 radical (unpaired) electrons. The van der Waals surface area contributed by atoms with Crippen LogP contribution in [0.25, 0.3) is 12.2 Å². The summed E-state index contributed by atoms with van der Waals surface area (Å²) in [5.74, 6) is -0.311. The van der Waals surface area contributed by atoms with E-state index in [1.165, 1.54) is 18.2 Å². The fourth-order valence-electron chi connectivity index (χ4n) is 1.81. The quantitative estimate of drug-likeness (QED) is 0.610. The molecule has 2 heteroatoms. The zero-order chi connectivity index (χ0) is 13.7. The van der Waals surface area contributed by atoms with Crippen LogP contribution in [0, 0.1) is 6.92 Å². The lowest BCUT2D eigenvalue weighted by Crippen LogP contribution is -2.00. The van der Waals surface area contributed by atoms with Crippen LogP contribution in [0.1, 0.15) is 27.0 Å². The van der Waals surface area contributed by atoms with Gasteiger partial charge in [-0.05, 0) is 35.7 Å². The molecule has 0 N–H and O–H groups in total. The molecule has 19 heavy (non-hydrogen) atoms. The van der Waals surface area contributed by atoms with Gasteiger partial charge in [0.1, 0.15) is 0 Å². The van der Waals surface area contributed by atoms with Crippen molar-refractivity contribution < 1.29 is 9.53 Å². The third-order valence-electron chi connectivity index (χ3n) is 2.98. The monoisotopic (exact) mass is 252 g/mol. The Balaban J connectivity index is 2.16. The zero-order valence-corrected chi connectivity index (χ0v) is 11.1. The Bertz CT molecular complexity index is 595. The van der Waals surface area contributed by atoms with Crippen LogP contribution < -0.4 is 0 Å². The van der Waals surface area contributed by atoms with Crippen molar-refractivity contribution in [2.75, 3.05) is 7.11 Å². The van der Waals surface area contributed by atoms with Crippen LogP contribution in [0.15, 0.2) is 48.5 Å². The van der Waals surface area contributed by atoms with E-state index >= 15 is 0 Å². The highest BCUT2D eigenvalue weighted by Crippen LogP contribution is 2.13. The fourth-order valence-corrected chi connectivity index (χ4v) is 1.81. The Labute approximate surface area is 113 Å². The van der Waals surface area contributed by atoms with E-state index in [2.05, 4.69) is 29.9 Å². The first kappa shape index (κ1) is 13.1. The highest BCUT2D eigenvalue weighted by atomic mass is 16.5. The second-order valence-electron chi connectivity index (χ2n) is 4.30. The number of carbonyl (C=O) groups excluding carboxylic acids is 1. The van der Waals surface area contributed by atoms with E-state index in [0.717, 1.165) is 5.56 Å². The van der Waals surface area contributed by atoms with Gasteiger partial charge in [-0.3, -0.25) is 0 Å².